The number of nitrogens with one attached hydrogen (secondary N) is 1. The first-order valence-corrected chi connectivity index (χ1v) is 11.8. The van der Waals surface area contributed by atoms with E-state index in [2.05, 4.69) is 27.7 Å². The van der Waals surface area contributed by atoms with Gasteiger partial charge in [0.05, 0.1) is 35.1 Å². The van der Waals surface area contributed by atoms with Gasteiger partial charge in [0, 0.05) is 46.3 Å². The van der Waals surface area contributed by atoms with E-state index < -0.39 is 0 Å². The van der Waals surface area contributed by atoms with Crippen LogP contribution in [0.15, 0.2) is 64.9 Å². The van der Waals surface area contributed by atoms with Crippen molar-refractivity contribution in [1.82, 2.24) is 24.7 Å². The van der Waals surface area contributed by atoms with Crippen molar-refractivity contribution in [1.29, 1.82) is 10.5 Å². The van der Waals surface area contributed by atoms with Crippen LogP contribution in [-0.4, -0.2) is 31.3 Å². The van der Waals surface area contributed by atoms with E-state index in [1.807, 2.05) is 47.5 Å². The Morgan fingerprint density at radius 3 is 2.68 bits per heavy atom. The number of aromatic nitrogens is 4. The lowest BCUT2D eigenvalue weighted by Crippen LogP contribution is -2.30. The van der Waals surface area contributed by atoms with E-state index in [0.717, 1.165) is 40.2 Å². The Morgan fingerprint density at radius 1 is 1.06 bits per heavy atom. The summed E-state index contributed by atoms with van der Waals surface area (Å²) in [6.45, 7) is 1.55. The van der Waals surface area contributed by atoms with Crippen LogP contribution in [0, 0.1) is 22.7 Å². The zero-order valence-electron chi connectivity index (χ0n) is 18.5. The summed E-state index contributed by atoms with van der Waals surface area (Å²) in [5, 5.41) is 31.1. The van der Waals surface area contributed by atoms with Gasteiger partial charge in [-0.05, 0) is 37.5 Å². The van der Waals surface area contributed by atoms with E-state index in [9.17, 15) is 15.3 Å². The summed E-state index contributed by atoms with van der Waals surface area (Å²) in [7, 11) is 0. The van der Waals surface area contributed by atoms with Crippen molar-refractivity contribution in [2.75, 3.05) is 0 Å². The van der Waals surface area contributed by atoms with Crippen LogP contribution >= 0.6 is 11.8 Å². The van der Waals surface area contributed by atoms with Gasteiger partial charge in [-0.15, -0.1) is 0 Å². The quantitative estimate of drug-likeness (QED) is 0.468. The summed E-state index contributed by atoms with van der Waals surface area (Å²) >= 11 is 1.45. The molecule has 1 aliphatic carbocycles. The number of fused-ring (bicyclic) bond motifs is 1. The lowest BCUT2D eigenvalue weighted by Gasteiger charge is -2.12. The number of carbonyl (C=O) groups is 1. The average molecular weight is 468 g/mol. The number of pyridine rings is 1. The van der Waals surface area contributed by atoms with Crippen molar-refractivity contribution in [2.45, 2.75) is 48.1 Å². The van der Waals surface area contributed by atoms with Crippen LogP contribution in [0.25, 0.3) is 16.6 Å². The topological polar surface area (TPSA) is 112 Å². The molecule has 0 aliphatic heterocycles. The summed E-state index contributed by atoms with van der Waals surface area (Å²) in [5.74, 6) is -0.000862. The SMILES string of the molecule is CC(=O)NC1CC[C@H](n2cc(-c3cc(Sc4ccccc4C#N)c4c(C#N)cnn4c3)cn2)C1. The molecule has 9 heteroatoms. The number of rotatable bonds is 5. The largest absolute Gasteiger partial charge is 0.354 e. The zero-order valence-corrected chi connectivity index (χ0v) is 19.3. The van der Waals surface area contributed by atoms with Gasteiger partial charge in [0.15, 0.2) is 0 Å². The second-order valence-electron chi connectivity index (χ2n) is 8.34. The van der Waals surface area contributed by atoms with Crippen molar-refractivity contribution in [3.05, 3.63) is 66.2 Å². The van der Waals surface area contributed by atoms with Gasteiger partial charge in [0.1, 0.15) is 12.1 Å². The Balaban J connectivity index is 1.50. The lowest BCUT2D eigenvalue weighted by molar-refractivity contribution is -0.119. The van der Waals surface area contributed by atoms with Gasteiger partial charge in [0.25, 0.3) is 0 Å². The minimum Gasteiger partial charge on any atom is -0.354 e. The Labute approximate surface area is 200 Å². The molecule has 0 spiro atoms. The molecule has 168 valence electrons. The van der Waals surface area contributed by atoms with Crippen LogP contribution in [0.3, 0.4) is 0 Å². The number of benzene rings is 1. The third-order valence-electron chi connectivity index (χ3n) is 6.05. The van der Waals surface area contributed by atoms with Gasteiger partial charge in [-0.3, -0.25) is 9.48 Å². The molecule has 1 aromatic carbocycles. The highest BCUT2D eigenvalue weighted by Gasteiger charge is 2.27. The Kier molecular flexibility index (Phi) is 5.79. The number of carbonyl (C=O) groups excluding carboxylic acids is 1. The van der Waals surface area contributed by atoms with Crippen LogP contribution in [-0.2, 0) is 4.79 Å². The van der Waals surface area contributed by atoms with Crippen LogP contribution in [0.1, 0.15) is 43.4 Å². The second-order valence-corrected chi connectivity index (χ2v) is 9.42. The summed E-state index contributed by atoms with van der Waals surface area (Å²) in [4.78, 5) is 13.0. The van der Waals surface area contributed by atoms with Crippen molar-refractivity contribution in [3.63, 3.8) is 0 Å². The summed E-state index contributed by atoms with van der Waals surface area (Å²) in [6, 6.07) is 14.3. The third kappa shape index (κ3) is 4.14. The van der Waals surface area contributed by atoms with Crippen molar-refractivity contribution < 1.29 is 4.79 Å². The smallest absolute Gasteiger partial charge is 0.217 e. The zero-order chi connectivity index (χ0) is 23.7. The third-order valence-corrected chi connectivity index (χ3v) is 7.15. The highest BCUT2D eigenvalue weighted by molar-refractivity contribution is 7.99. The maximum absolute atomic E-state index is 11.4. The van der Waals surface area contributed by atoms with Crippen LogP contribution in [0.2, 0.25) is 0 Å². The number of hydrogen-bond acceptors (Lipinski definition) is 6. The molecule has 4 aromatic rings. The van der Waals surface area contributed by atoms with E-state index >= 15 is 0 Å². The standard InChI is InChI=1S/C25H21N7OS/c1-16(33)30-21-6-7-22(9-21)31-15-20(13-28-31)18-8-24(25-19(11-27)12-29-32(25)14-18)34-23-5-3-2-4-17(23)10-26/h2-5,8,12-15,21-22H,6-7,9H2,1H3,(H,30,33)/t21?,22-/m0/s1. The number of hydrogen-bond donors (Lipinski definition) is 1. The first-order valence-electron chi connectivity index (χ1n) is 11.0. The Morgan fingerprint density at radius 2 is 1.88 bits per heavy atom. The fraction of sp³-hybridized carbons (Fsp3) is 0.240. The van der Waals surface area contributed by atoms with Crippen molar-refractivity contribution in [2.24, 2.45) is 0 Å². The summed E-state index contributed by atoms with van der Waals surface area (Å²) in [5.41, 5.74) is 3.63. The second kappa shape index (κ2) is 9.05. The van der Waals surface area contributed by atoms with E-state index in [1.165, 1.54) is 11.8 Å². The highest BCUT2D eigenvalue weighted by Crippen LogP contribution is 2.37. The minimum absolute atomic E-state index is 0.000862. The first-order chi connectivity index (χ1) is 16.6. The normalized spacial score (nSPS) is 17.4. The number of amides is 1. The summed E-state index contributed by atoms with van der Waals surface area (Å²) < 4.78 is 3.69. The Bertz CT molecular complexity index is 1470. The van der Waals surface area contributed by atoms with Gasteiger partial charge in [-0.25, -0.2) is 4.52 Å². The fourth-order valence-corrected chi connectivity index (χ4v) is 5.56. The van der Waals surface area contributed by atoms with E-state index in [-0.39, 0.29) is 18.0 Å². The molecule has 34 heavy (non-hydrogen) atoms. The van der Waals surface area contributed by atoms with E-state index in [1.54, 1.807) is 23.7 Å². The fourth-order valence-electron chi connectivity index (χ4n) is 4.47. The molecule has 1 aliphatic rings. The molecule has 1 unspecified atom stereocenters. The van der Waals surface area contributed by atoms with Crippen LogP contribution in [0.5, 0.6) is 0 Å². The van der Waals surface area contributed by atoms with Gasteiger partial charge in [-0.1, -0.05) is 23.9 Å². The molecule has 3 heterocycles. The van der Waals surface area contributed by atoms with Crippen LogP contribution < -0.4 is 5.32 Å². The average Bonchev–Trinajstić information content (AvgIpc) is 3.58. The molecule has 1 amide bonds. The predicted molar refractivity (Wildman–Crippen MR) is 127 cm³/mol. The molecule has 0 saturated heterocycles. The summed E-state index contributed by atoms with van der Waals surface area (Å²) in [6.07, 6.45) is 10.1. The van der Waals surface area contributed by atoms with Gasteiger partial charge in [-0.2, -0.15) is 20.7 Å². The van der Waals surface area contributed by atoms with E-state index in [4.69, 9.17) is 0 Å². The molecule has 2 atom stereocenters. The van der Waals surface area contributed by atoms with Gasteiger partial charge < -0.3 is 5.32 Å². The molecule has 1 fully saturated rings. The number of nitrogens with zero attached hydrogens (tertiary/aromatic N) is 6. The Hall–Kier alpha value is -4.08. The molecule has 0 radical (unpaired) electrons. The minimum atomic E-state index is -0.000862. The highest BCUT2D eigenvalue weighted by atomic mass is 32.2. The molecular weight excluding hydrogens is 446 g/mol. The molecule has 5 rings (SSSR count). The van der Waals surface area contributed by atoms with Gasteiger partial charge in [0.2, 0.25) is 5.91 Å². The number of nitriles is 2. The van der Waals surface area contributed by atoms with Crippen LogP contribution in [0.4, 0.5) is 0 Å². The molecule has 8 nitrogen and oxygen atoms in total. The molecular formula is C25H21N7OS. The monoisotopic (exact) mass is 467 g/mol. The van der Waals surface area contributed by atoms with Crippen molar-refractivity contribution >= 4 is 23.2 Å². The van der Waals surface area contributed by atoms with E-state index in [0.29, 0.717) is 16.6 Å². The molecule has 1 N–H and O–H groups in total. The first kappa shape index (κ1) is 21.7. The van der Waals surface area contributed by atoms with Crippen molar-refractivity contribution in [3.8, 4) is 23.3 Å². The van der Waals surface area contributed by atoms with Gasteiger partial charge >= 0.3 is 0 Å². The molecule has 0 bridgehead atoms. The maximum atomic E-state index is 11.4. The molecule has 1 saturated carbocycles. The lowest BCUT2D eigenvalue weighted by atomic mass is 10.1. The molecule has 3 aromatic heterocycles. The predicted octanol–water partition coefficient (Wildman–Crippen LogP) is 4.32. The maximum Gasteiger partial charge on any atom is 0.217 e.